The van der Waals surface area contributed by atoms with E-state index in [-0.39, 0.29) is 5.56 Å². The van der Waals surface area contributed by atoms with E-state index in [4.69, 9.17) is 4.74 Å². The molecular weight excluding hydrogens is 206 g/mol. The first-order valence-corrected chi connectivity index (χ1v) is 5.59. The summed E-state index contributed by atoms with van der Waals surface area (Å²) in [6.07, 6.45) is 5.44. The van der Waals surface area contributed by atoms with Gasteiger partial charge in [-0.3, -0.25) is 4.79 Å². The minimum absolute atomic E-state index is 0.115. The third-order valence-electron chi connectivity index (χ3n) is 2.20. The summed E-state index contributed by atoms with van der Waals surface area (Å²) in [6.45, 7) is 4.10. The highest BCUT2D eigenvalue weighted by atomic mass is 16.5. The van der Waals surface area contributed by atoms with Gasteiger partial charge in [0.25, 0.3) is 5.56 Å². The van der Waals surface area contributed by atoms with Crippen molar-refractivity contribution in [3.05, 3.63) is 22.7 Å². The summed E-state index contributed by atoms with van der Waals surface area (Å²) >= 11 is 0. The lowest BCUT2D eigenvalue weighted by Gasteiger charge is -2.06. The van der Waals surface area contributed by atoms with Gasteiger partial charge in [-0.2, -0.15) is 0 Å². The Morgan fingerprint density at radius 1 is 1.50 bits per heavy atom. The molecule has 90 valence electrons. The molecule has 0 bridgehead atoms. The molecule has 5 heteroatoms. The summed E-state index contributed by atoms with van der Waals surface area (Å²) in [4.78, 5) is 15.5. The van der Waals surface area contributed by atoms with E-state index in [9.17, 15) is 4.79 Å². The maximum atomic E-state index is 11.5. The van der Waals surface area contributed by atoms with Crippen molar-refractivity contribution in [2.45, 2.75) is 19.8 Å². The Hall–Kier alpha value is -1.36. The highest BCUT2D eigenvalue weighted by Gasteiger charge is 2.00. The molecule has 0 fully saturated rings. The maximum absolute atomic E-state index is 11.5. The average Bonchev–Trinajstić information content (AvgIpc) is 2.29. The molecule has 1 aromatic heterocycles. The average molecular weight is 225 g/mol. The molecule has 0 spiro atoms. The molecule has 0 saturated carbocycles. The second kappa shape index (κ2) is 7.00. The third kappa shape index (κ3) is 4.02. The van der Waals surface area contributed by atoms with E-state index in [0.717, 1.165) is 19.4 Å². The van der Waals surface area contributed by atoms with Crippen LogP contribution in [0, 0.1) is 0 Å². The van der Waals surface area contributed by atoms with Crippen molar-refractivity contribution in [1.29, 1.82) is 0 Å². The van der Waals surface area contributed by atoms with E-state index in [2.05, 4.69) is 17.2 Å². The van der Waals surface area contributed by atoms with Crippen molar-refractivity contribution < 1.29 is 4.74 Å². The number of nitrogens with zero attached hydrogens (tertiary/aromatic N) is 2. The Bertz CT molecular complexity index is 362. The van der Waals surface area contributed by atoms with Gasteiger partial charge in [0.1, 0.15) is 0 Å². The van der Waals surface area contributed by atoms with Crippen LogP contribution in [0.15, 0.2) is 17.2 Å². The molecule has 5 nitrogen and oxygen atoms in total. The number of nitrogens with one attached hydrogen (secondary N) is 1. The molecule has 0 atom stereocenters. The molecule has 0 radical (unpaired) electrons. The topological polar surface area (TPSA) is 56.1 Å². The zero-order valence-electron chi connectivity index (χ0n) is 9.90. The Balaban J connectivity index is 2.27. The summed E-state index contributed by atoms with van der Waals surface area (Å²) < 4.78 is 6.86. The largest absolute Gasteiger partial charge is 0.380 e. The zero-order chi connectivity index (χ0) is 11.8. The zero-order valence-corrected chi connectivity index (χ0v) is 9.90. The van der Waals surface area contributed by atoms with E-state index >= 15 is 0 Å². The minimum atomic E-state index is -0.115. The Labute approximate surface area is 95.5 Å². The monoisotopic (exact) mass is 225 g/mol. The first kappa shape index (κ1) is 12.7. The van der Waals surface area contributed by atoms with Gasteiger partial charge in [-0.05, 0) is 6.42 Å². The van der Waals surface area contributed by atoms with Gasteiger partial charge in [0.05, 0.1) is 6.61 Å². The van der Waals surface area contributed by atoms with Crippen molar-refractivity contribution in [3.63, 3.8) is 0 Å². The van der Waals surface area contributed by atoms with Gasteiger partial charge in [-0.15, -0.1) is 0 Å². The van der Waals surface area contributed by atoms with E-state index < -0.39 is 0 Å². The second-order valence-electron chi connectivity index (χ2n) is 3.58. The standard InChI is InChI=1S/C11H19N3O2/c1-3-4-8-16-9-6-13-10-11(15)14(2)7-5-12-10/h5,7H,3-4,6,8-9H2,1-2H3,(H,12,13). The van der Waals surface area contributed by atoms with Crippen LogP contribution in [0.2, 0.25) is 0 Å². The number of aryl methyl sites for hydroxylation is 1. The van der Waals surface area contributed by atoms with E-state index in [1.54, 1.807) is 19.4 Å². The Morgan fingerprint density at radius 3 is 3.06 bits per heavy atom. The van der Waals surface area contributed by atoms with Crippen molar-refractivity contribution in [3.8, 4) is 0 Å². The van der Waals surface area contributed by atoms with Gasteiger partial charge < -0.3 is 14.6 Å². The van der Waals surface area contributed by atoms with Crippen molar-refractivity contribution in [1.82, 2.24) is 9.55 Å². The van der Waals surface area contributed by atoms with Crippen molar-refractivity contribution >= 4 is 5.82 Å². The number of hydrogen-bond acceptors (Lipinski definition) is 4. The molecular formula is C11H19N3O2. The predicted octanol–water partition coefficient (Wildman–Crippen LogP) is 1.01. The van der Waals surface area contributed by atoms with Crippen LogP contribution in [0.5, 0.6) is 0 Å². The van der Waals surface area contributed by atoms with Gasteiger partial charge >= 0.3 is 0 Å². The van der Waals surface area contributed by atoms with Gasteiger partial charge in [-0.25, -0.2) is 4.98 Å². The molecule has 1 N–H and O–H groups in total. The van der Waals surface area contributed by atoms with Crippen molar-refractivity contribution in [2.75, 3.05) is 25.1 Å². The fraction of sp³-hybridized carbons (Fsp3) is 0.636. The lowest BCUT2D eigenvalue weighted by atomic mass is 10.4. The van der Waals surface area contributed by atoms with Crippen LogP contribution in [0.3, 0.4) is 0 Å². The van der Waals surface area contributed by atoms with Crippen LogP contribution >= 0.6 is 0 Å². The van der Waals surface area contributed by atoms with Crippen LogP contribution in [0.25, 0.3) is 0 Å². The number of aromatic nitrogens is 2. The van der Waals surface area contributed by atoms with E-state index in [1.807, 2.05) is 0 Å². The molecule has 0 unspecified atom stereocenters. The highest BCUT2D eigenvalue weighted by Crippen LogP contribution is 1.91. The third-order valence-corrected chi connectivity index (χ3v) is 2.20. The lowest BCUT2D eigenvalue weighted by Crippen LogP contribution is -2.23. The number of hydrogen-bond donors (Lipinski definition) is 1. The van der Waals surface area contributed by atoms with E-state index in [1.165, 1.54) is 4.57 Å². The molecule has 1 aromatic rings. The molecule has 0 amide bonds. The van der Waals surface area contributed by atoms with Gasteiger partial charge in [0.2, 0.25) is 0 Å². The number of ether oxygens (including phenoxy) is 1. The quantitative estimate of drug-likeness (QED) is 0.704. The number of unbranched alkanes of at least 4 members (excludes halogenated alkanes) is 1. The molecule has 0 aromatic carbocycles. The first-order chi connectivity index (χ1) is 7.75. The summed E-state index contributed by atoms with van der Waals surface area (Å²) in [5, 5.41) is 2.96. The fourth-order valence-corrected chi connectivity index (χ4v) is 1.21. The smallest absolute Gasteiger partial charge is 0.293 e. The maximum Gasteiger partial charge on any atom is 0.293 e. The van der Waals surface area contributed by atoms with Crippen LogP contribution in [0.1, 0.15) is 19.8 Å². The van der Waals surface area contributed by atoms with Crippen LogP contribution in [-0.2, 0) is 11.8 Å². The summed E-state index contributed by atoms with van der Waals surface area (Å²) in [5.41, 5.74) is -0.115. The van der Waals surface area contributed by atoms with Crippen LogP contribution < -0.4 is 10.9 Å². The molecule has 0 saturated heterocycles. The summed E-state index contributed by atoms with van der Waals surface area (Å²) in [5.74, 6) is 0.379. The SMILES string of the molecule is CCCCOCCNc1nccn(C)c1=O. The molecule has 16 heavy (non-hydrogen) atoms. The van der Waals surface area contributed by atoms with Gasteiger partial charge in [0, 0.05) is 32.6 Å². The molecule has 0 aliphatic heterocycles. The predicted molar refractivity (Wildman–Crippen MR) is 63.7 cm³/mol. The Kier molecular flexibility index (Phi) is 5.56. The Morgan fingerprint density at radius 2 is 2.31 bits per heavy atom. The number of rotatable bonds is 7. The molecule has 0 aliphatic carbocycles. The normalized spacial score (nSPS) is 10.4. The van der Waals surface area contributed by atoms with Gasteiger partial charge in [-0.1, -0.05) is 13.3 Å². The molecule has 1 rings (SSSR count). The molecule has 1 heterocycles. The van der Waals surface area contributed by atoms with Crippen molar-refractivity contribution in [2.24, 2.45) is 7.05 Å². The van der Waals surface area contributed by atoms with Crippen LogP contribution in [-0.4, -0.2) is 29.3 Å². The minimum Gasteiger partial charge on any atom is -0.380 e. The lowest BCUT2D eigenvalue weighted by molar-refractivity contribution is 0.141. The fourth-order valence-electron chi connectivity index (χ4n) is 1.21. The first-order valence-electron chi connectivity index (χ1n) is 5.59. The molecule has 0 aliphatic rings. The summed E-state index contributed by atoms with van der Waals surface area (Å²) in [6, 6.07) is 0. The van der Waals surface area contributed by atoms with Gasteiger partial charge in [0.15, 0.2) is 5.82 Å². The highest BCUT2D eigenvalue weighted by molar-refractivity contribution is 5.30. The van der Waals surface area contributed by atoms with Crippen LogP contribution in [0.4, 0.5) is 5.82 Å². The number of anilines is 1. The van der Waals surface area contributed by atoms with E-state index in [0.29, 0.717) is 19.0 Å². The second-order valence-corrected chi connectivity index (χ2v) is 3.58. The summed E-state index contributed by atoms with van der Waals surface area (Å²) in [7, 11) is 1.70.